The Bertz CT molecular complexity index is 830. The number of rotatable bonds is 5. The summed E-state index contributed by atoms with van der Waals surface area (Å²) < 4.78 is 13.9. The highest BCUT2D eigenvalue weighted by molar-refractivity contribution is 5.93. The molecule has 2 atom stereocenters. The average Bonchev–Trinajstić information content (AvgIpc) is 3.50. The summed E-state index contributed by atoms with van der Waals surface area (Å²) in [6.45, 7) is 5.24. The van der Waals surface area contributed by atoms with Crippen molar-refractivity contribution in [3.8, 4) is 0 Å². The fraction of sp³-hybridized carbons (Fsp3) is 0.545. The number of aromatic nitrogens is 2. The van der Waals surface area contributed by atoms with Crippen LogP contribution in [0.15, 0.2) is 42.9 Å². The number of ether oxygens (including phenoxy) is 2. The Labute approximate surface area is 171 Å². The van der Waals surface area contributed by atoms with Crippen molar-refractivity contribution in [2.24, 2.45) is 0 Å². The summed E-state index contributed by atoms with van der Waals surface area (Å²) in [5.74, 6) is 0.0889. The summed E-state index contributed by atoms with van der Waals surface area (Å²) in [4.78, 5) is 22.3. The van der Waals surface area contributed by atoms with Crippen molar-refractivity contribution in [1.29, 1.82) is 0 Å². The Morgan fingerprint density at radius 1 is 1.10 bits per heavy atom. The van der Waals surface area contributed by atoms with E-state index in [-0.39, 0.29) is 18.1 Å². The van der Waals surface area contributed by atoms with E-state index in [1.165, 1.54) is 0 Å². The van der Waals surface area contributed by atoms with Gasteiger partial charge in [0, 0.05) is 50.8 Å². The summed E-state index contributed by atoms with van der Waals surface area (Å²) in [5.41, 5.74) is 1.82. The first-order valence-corrected chi connectivity index (χ1v) is 10.6. The summed E-state index contributed by atoms with van der Waals surface area (Å²) in [7, 11) is 0. The van der Waals surface area contributed by atoms with E-state index in [1.807, 2.05) is 35.5 Å². The molecule has 2 aromatic rings. The SMILES string of the molecule is O=C(c1cccn1C1CC1)N1CCO[C@@H](CN2CCOCC2)[C@@H]1c1cccnc1. The normalized spacial score (nSPS) is 25.9. The smallest absolute Gasteiger partial charge is 0.271 e. The fourth-order valence-corrected chi connectivity index (χ4v) is 4.49. The maximum atomic E-state index is 13.6. The average molecular weight is 396 g/mol. The number of hydrogen-bond acceptors (Lipinski definition) is 5. The minimum absolute atomic E-state index is 0.0839. The Hall–Kier alpha value is -2.22. The molecule has 3 fully saturated rings. The highest BCUT2D eigenvalue weighted by Gasteiger charge is 2.39. The van der Waals surface area contributed by atoms with Crippen LogP contribution >= 0.6 is 0 Å². The summed E-state index contributed by atoms with van der Waals surface area (Å²) >= 11 is 0. The quantitative estimate of drug-likeness (QED) is 0.775. The van der Waals surface area contributed by atoms with Crippen molar-refractivity contribution in [2.45, 2.75) is 31.0 Å². The van der Waals surface area contributed by atoms with E-state index in [1.54, 1.807) is 6.20 Å². The molecule has 0 bridgehead atoms. The number of morpholine rings is 2. The highest BCUT2D eigenvalue weighted by Crippen LogP contribution is 2.37. The molecule has 0 radical (unpaired) electrons. The Morgan fingerprint density at radius 2 is 1.97 bits per heavy atom. The van der Waals surface area contributed by atoms with E-state index in [0.29, 0.717) is 19.2 Å². The molecule has 2 aliphatic heterocycles. The van der Waals surface area contributed by atoms with Crippen LogP contribution in [-0.2, 0) is 9.47 Å². The van der Waals surface area contributed by atoms with Crippen LogP contribution in [0.1, 0.15) is 41.0 Å². The molecule has 0 N–H and O–H groups in total. The molecule has 2 saturated heterocycles. The second-order valence-electron chi connectivity index (χ2n) is 8.08. The van der Waals surface area contributed by atoms with Gasteiger partial charge < -0.3 is 18.9 Å². The molecule has 7 heteroatoms. The molecule has 7 nitrogen and oxygen atoms in total. The minimum atomic E-state index is -0.143. The molecule has 154 valence electrons. The number of carbonyl (C=O) groups excluding carboxylic acids is 1. The monoisotopic (exact) mass is 396 g/mol. The first-order chi connectivity index (χ1) is 14.3. The third-order valence-electron chi connectivity index (χ3n) is 6.12. The third-order valence-corrected chi connectivity index (χ3v) is 6.12. The maximum Gasteiger partial charge on any atom is 0.271 e. The van der Waals surface area contributed by atoms with Crippen LogP contribution < -0.4 is 0 Å². The zero-order valence-electron chi connectivity index (χ0n) is 16.7. The summed E-state index contributed by atoms with van der Waals surface area (Å²) in [5, 5.41) is 0. The van der Waals surface area contributed by atoms with Crippen LogP contribution in [0, 0.1) is 0 Å². The number of carbonyl (C=O) groups is 1. The van der Waals surface area contributed by atoms with Gasteiger partial charge in [-0.05, 0) is 36.6 Å². The summed E-state index contributed by atoms with van der Waals surface area (Å²) in [6.07, 6.45) is 7.91. The zero-order chi connectivity index (χ0) is 19.6. The second kappa shape index (κ2) is 8.26. The third kappa shape index (κ3) is 3.95. The van der Waals surface area contributed by atoms with Gasteiger partial charge in [0.05, 0.1) is 32.0 Å². The molecule has 3 aliphatic rings. The van der Waals surface area contributed by atoms with E-state index < -0.39 is 0 Å². The van der Waals surface area contributed by atoms with Crippen LogP contribution in [0.2, 0.25) is 0 Å². The molecule has 4 heterocycles. The van der Waals surface area contributed by atoms with Crippen molar-refractivity contribution in [3.63, 3.8) is 0 Å². The van der Waals surface area contributed by atoms with Crippen LogP contribution in [0.5, 0.6) is 0 Å². The van der Waals surface area contributed by atoms with Gasteiger partial charge in [-0.15, -0.1) is 0 Å². The number of amides is 1. The lowest BCUT2D eigenvalue weighted by atomic mass is 9.98. The standard InChI is InChI=1S/C22H28N4O3/c27-22(19-4-2-8-25(19)18-5-6-18)26-11-14-29-20(16-24-9-12-28-13-10-24)21(26)17-3-1-7-23-15-17/h1-4,7-8,15,18,20-21H,5-6,9-14,16H2/t20-,21-/m0/s1. The van der Waals surface area contributed by atoms with Crippen molar-refractivity contribution in [2.75, 3.05) is 46.0 Å². The van der Waals surface area contributed by atoms with E-state index in [2.05, 4.69) is 20.5 Å². The topological polar surface area (TPSA) is 59.8 Å². The van der Waals surface area contributed by atoms with E-state index >= 15 is 0 Å². The number of hydrogen-bond donors (Lipinski definition) is 0. The zero-order valence-corrected chi connectivity index (χ0v) is 16.7. The van der Waals surface area contributed by atoms with Gasteiger partial charge in [-0.25, -0.2) is 0 Å². The Morgan fingerprint density at radius 3 is 2.72 bits per heavy atom. The lowest BCUT2D eigenvalue weighted by molar-refractivity contribution is -0.0821. The fourth-order valence-electron chi connectivity index (χ4n) is 4.49. The van der Waals surface area contributed by atoms with Crippen molar-refractivity contribution in [1.82, 2.24) is 19.4 Å². The van der Waals surface area contributed by atoms with Crippen molar-refractivity contribution < 1.29 is 14.3 Å². The Kier molecular flexibility index (Phi) is 5.35. The molecule has 29 heavy (non-hydrogen) atoms. The van der Waals surface area contributed by atoms with Gasteiger partial charge in [-0.2, -0.15) is 0 Å². The van der Waals surface area contributed by atoms with Crippen LogP contribution in [0.25, 0.3) is 0 Å². The lowest BCUT2D eigenvalue weighted by Crippen LogP contribution is -2.53. The summed E-state index contributed by atoms with van der Waals surface area (Å²) in [6, 6.07) is 8.26. The van der Waals surface area contributed by atoms with Crippen molar-refractivity contribution in [3.05, 3.63) is 54.1 Å². The highest BCUT2D eigenvalue weighted by atomic mass is 16.5. The van der Waals surface area contributed by atoms with Gasteiger partial charge in [-0.1, -0.05) is 6.07 Å². The van der Waals surface area contributed by atoms with Gasteiger partial charge in [0.25, 0.3) is 5.91 Å². The van der Waals surface area contributed by atoms with Crippen molar-refractivity contribution >= 4 is 5.91 Å². The first-order valence-electron chi connectivity index (χ1n) is 10.6. The van der Waals surface area contributed by atoms with Gasteiger partial charge in [-0.3, -0.25) is 14.7 Å². The van der Waals surface area contributed by atoms with Gasteiger partial charge >= 0.3 is 0 Å². The molecule has 1 aliphatic carbocycles. The molecular formula is C22H28N4O3. The Balaban J connectivity index is 1.44. The van der Waals surface area contributed by atoms with E-state index in [9.17, 15) is 4.79 Å². The second-order valence-corrected chi connectivity index (χ2v) is 8.08. The lowest BCUT2D eigenvalue weighted by Gasteiger charge is -2.43. The first kappa shape index (κ1) is 18.8. The molecule has 2 aromatic heterocycles. The largest absolute Gasteiger partial charge is 0.379 e. The molecule has 1 amide bonds. The predicted molar refractivity (Wildman–Crippen MR) is 108 cm³/mol. The number of pyridine rings is 1. The van der Waals surface area contributed by atoms with Crippen LogP contribution in [0.4, 0.5) is 0 Å². The van der Waals surface area contributed by atoms with Crippen LogP contribution in [0.3, 0.4) is 0 Å². The van der Waals surface area contributed by atoms with Crippen LogP contribution in [-0.4, -0.2) is 77.4 Å². The van der Waals surface area contributed by atoms with E-state index in [4.69, 9.17) is 9.47 Å². The number of nitrogens with zero attached hydrogens (tertiary/aromatic N) is 4. The molecule has 0 aromatic carbocycles. The molecule has 5 rings (SSSR count). The minimum Gasteiger partial charge on any atom is -0.379 e. The maximum absolute atomic E-state index is 13.6. The molecular weight excluding hydrogens is 368 g/mol. The van der Waals surface area contributed by atoms with Gasteiger partial charge in [0.2, 0.25) is 0 Å². The van der Waals surface area contributed by atoms with Gasteiger partial charge in [0.15, 0.2) is 0 Å². The van der Waals surface area contributed by atoms with Gasteiger partial charge in [0.1, 0.15) is 5.69 Å². The predicted octanol–water partition coefficient (Wildman–Crippen LogP) is 2.13. The molecule has 1 saturated carbocycles. The van der Waals surface area contributed by atoms with E-state index in [0.717, 1.165) is 56.9 Å². The molecule has 0 unspecified atom stereocenters. The molecule has 0 spiro atoms.